The molecule has 2 unspecified atom stereocenters. The van der Waals surface area contributed by atoms with E-state index in [-0.39, 0.29) is 11.9 Å². The number of hydrogen-bond donors (Lipinski definition) is 1. The van der Waals surface area contributed by atoms with E-state index in [9.17, 15) is 4.79 Å². The second-order valence-corrected chi connectivity index (χ2v) is 6.20. The molecule has 0 aliphatic rings. The maximum atomic E-state index is 12.4. The first-order valence-corrected chi connectivity index (χ1v) is 8.58. The van der Waals surface area contributed by atoms with Crippen LogP contribution in [0.3, 0.4) is 0 Å². The largest absolute Gasteiger partial charge is 0.455 e. The van der Waals surface area contributed by atoms with Crippen LogP contribution in [-0.4, -0.2) is 23.5 Å². The quantitative estimate of drug-likeness (QED) is 0.579. The van der Waals surface area contributed by atoms with Gasteiger partial charge in [-0.2, -0.15) is 0 Å². The highest BCUT2D eigenvalue weighted by Crippen LogP contribution is 2.23. The van der Waals surface area contributed by atoms with E-state index in [4.69, 9.17) is 15.9 Å². The zero-order valence-electron chi connectivity index (χ0n) is 15.3. The van der Waals surface area contributed by atoms with Gasteiger partial charge in [-0.25, -0.2) is 4.98 Å². The zero-order chi connectivity index (χ0) is 18.9. The van der Waals surface area contributed by atoms with E-state index >= 15 is 0 Å². The predicted molar refractivity (Wildman–Crippen MR) is 101 cm³/mol. The number of aromatic nitrogens is 1. The van der Waals surface area contributed by atoms with Gasteiger partial charge < -0.3 is 9.47 Å². The Balaban J connectivity index is 2.04. The number of pyridine rings is 1. The minimum atomic E-state index is -0.504. The molecule has 1 N–H and O–H groups in total. The maximum Gasteiger partial charge on any atom is 0.324 e. The second-order valence-electron chi connectivity index (χ2n) is 6.20. The van der Waals surface area contributed by atoms with Crippen LogP contribution in [0.4, 0.5) is 0 Å². The molecule has 2 atom stereocenters. The molecule has 1 heterocycles. The van der Waals surface area contributed by atoms with Crippen LogP contribution in [0, 0.1) is 18.3 Å². The number of nitrogens with zero attached hydrogens (tertiary/aromatic N) is 1. The number of hydrogen-bond acceptors (Lipinski definition) is 5. The highest BCUT2D eigenvalue weighted by atomic mass is 16.5. The summed E-state index contributed by atoms with van der Waals surface area (Å²) in [4.78, 5) is 16.9. The lowest BCUT2D eigenvalue weighted by Crippen LogP contribution is -2.42. The van der Waals surface area contributed by atoms with E-state index in [1.807, 2.05) is 50.2 Å². The summed E-state index contributed by atoms with van der Waals surface area (Å²) in [6, 6.07) is 14.3. The number of para-hydroxylation sites is 1. The van der Waals surface area contributed by atoms with Gasteiger partial charge in [0.05, 0.1) is 12.2 Å². The summed E-state index contributed by atoms with van der Waals surface area (Å²) in [6.45, 7) is 5.97. The van der Waals surface area contributed by atoms with Gasteiger partial charge in [0, 0.05) is 6.07 Å². The second kappa shape index (κ2) is 9.59. The van der Waals surface area contributed by atoms with Gasteiger partial charge in [-0.1, -0.05) is 44.0 Å². The fourth-order valence-electron chi connectivity index (χ4n) is 2.39. The summed E-state index contributed by atoms with van der Waals surface area (Å²) < 4.78 is 11.3. The van der Waals surface area contributed by atoms with E-state index in [0.29, 0.717) is 23.9 Å². The standard InChI is InChI=1S/C21H24N2O3/c1-5-14-22-20(15(2)3)21(24)25-16(4)18-12-9-13-19(23-18)26-17-10-7-6-8-11-17/h1,6-13,15-16,20,22H,14H2,2-4H3. The van der Waals surface area contributed by atoms with Crippen LogP contribution in [0.5, 0.6) is 11.6 Å². The van der Waals surface area contributed by atoms with Gasteiger partial charge in [0.25, 0.3) is 0 Å². The van der Waals surface area contributed by atoms with Crippen LogP contribution in [0.2, 0.25) is 0 Å². The molecule has 5 heteroatoms. The van der Waals surface area contributed by atoms with Crippen molar-refractivity contribution in [2.75, 3.05) is 6.54 Å². The summed E-state index contributed by atoms with van der Waals surface area (Å²) in [7, 11) is 0. The van der Waals surface area contributed by atoms with E-state index in [1.165, 1.54) is 0 Å². The van der Waals surface area contributed by atoms with Gasteiger partial charge in [0.15, 0.2) is 0 Å². The van der Waals surface area contributed by atoms with E-state index in [0.717, 1.165) is 0 Å². The molecule has 2 rings (SSSR count). The molecule has 2 aromatic rings. The highest BCUT2D eigenvalue weighted by molar-refractivity contribution is 5.76. The summed E-state index contributed by atoms with van der Waals surface area (Å²) in [6.07, 6.45) is 4.76. The Morgan fingerprint density at radius 2 is 1.88 bits per heavy atom. The minimum Gasteiger partial charge on any atom is -0.455 e. The lowest BCUT2D eigenvalue weighted by molar-refractivity contribution is -0.152. The molecule has 136 valence electrons. The van der Waals surface area contributed by atoms with E-state index in [1.54, 1.807) is 19.1 Å². The Hall–Kier alpha value is -2.84. The van der Waals surface area contributed by atoms with Crippen LogP contribution in [-0.2, 0) is 9.53 Å². The topological polar surface area (TPSA) is 60.5 Å². The van der Waals surface area contributed by atoms with Crippen molar-refractivity contribution >= 4 is 5.97 Å². The molecular formula is C21H24N2O3. The van der Waals surface area contributed by atoms with Gasteiger partial charge in [-0.15, -0.1) is 6.42 Å². The first-order chi connectivity index (χ1) is 12.5. The monoisotopic (exact) mass is 352 g/mol. The third-order valence-electron chi connectivity index (χ3n) is 3.76. The molecule has 0 saturated heterocycles. The molecule has 0 spiro atoms. The Bertz CT molecular complexity index is 753. The number of esters is 1. The Morgan fingerprint density at radius 3 is 2.54 bits per heavy atom. The molecule has 0 fully saturated rings. The molecule has 26 heavy (non-hydrogen) atoms. The van der Waals surface area contributed by atoms with Crippen molar-refractivity contribution in [3.63, 3.8) is 0 Å². The van der Waals surface area contributed by atoms with Crippen LogP contribution >= 0.6 is 0 Å². The minimum absolute atomic E-state index is 0.0590. The molecule has 5 nitrogen and oxygen atoms in total. The van der Waals surface area contributed by atoms with Gasteiger partial charge in [-0.05, 0) is 31.0 Å². The summed E-state index contributed by atoms with van der Waals surface area (Å²) in [5, 5.41) is 3.01. The van der Waals surface area contributed by atoms with Crippen molar-refractivity contribution in [3.8, 4) is 24.0 Å². The number of terminal acetylenes is 1. The molecule has 0 aliphatic carbocycles. The number of ether oxygens (including phenoxy) is 2. The first kappa shape index (κ1) is 19.5. The molecule has 0 amide bonds. The molecular weight excluding hydrogens is 328 g/mol. The zero-order valence-corrected chi connectivity index (χ0v) is 15.3. The van der Waals surface area contributed by atoms with Crippen molar-refractivity contribution in [3.05, 3.63) is 54.2 Å². The average Bonchev–Trinajstić information content (AvgIpc) is 2.63. The number of carbonyl (C=O) groups excluding carboxylic acids is 1. The van der Waals surface area contributed by atoms with E-state index < -0.39 is 12.1 Å². The Labute approximate surface area is 154 Å². The van der Waals surface area contributed by atoms with Crippen LogP contribution in [0.15, 0.2) is 48.5 Å². The van der Waals surface area contributed by atoms with Crippen molar-refractivity contribution in [2.24, 2.45) is 5.92 Å². The predicted octanol–water partition coefficient (Wildman–Crippen LogP) is 3.73. The lowest BCUT2D eigenvalue weighted by atomic mass is 10.0. The van der Waals surface area contributed by atoms with Crippen molar-refractivity contribution in [2.45, 2.75) is 32.9 Å². The number of carbonyl (C=O) groups is 1. The maximum absolute atomic E-state index is 12.4. The molecule has 0 aliphatic heterocycles. The van der Waals surface area contributed by atoms with Gasteiger partial charge >= 0.3 is 5.97 Å². The van der Waals surface area contributed by atoms with Gasteiger partial charge in [0.1, 0.15) is 17.9 Å². The number of benzene rings is 1. The molecule has 1 aromatic carbocycles. The van der Waals surface area contributed by atoms with Crippen LogP contribution in [0.25, 0.3) is 0 Å². The smallest absolute Gasteiger partial charge is 0.324 e. The summed E-state index contributed by atoms with van der Waals surface area (Å²) in [5.41, 5.74) is 0.617. The molecule has 0 bridgehead atoms. The summed E-state index contributed by atoms with van der Waals surface area (Å²) in [5.74, 6) is 3.33. The van der Waals surface area contributed by atoms with Crippen molar-refractivity contribution in [1.29, 1.82) is 0 Å². The van der Waals surface area contributed by atoms with Crippen molar-refractivity contribution < 1.29 is 14.3 Å². The fraction of sp³-hybridized carbons (Fsp3) is 0.333. The van der Waals surface area contributed by atoms with Gasteiger partial charge in [-0.3, -0.25) is 10.1 Å². The third kappa shape index (κ3) is 5.61. The van der Waals surface area contributed by atoms with Crippen LogP contribution in [0.1, 0.15) is 32.6 Å². The van der Waals surface area contributed by atoms with Crippen molar-refractivity contribution in [1.82, 2.24) is 10.3 Å². The fourth-order valence-corrected chi connectivity index (χ4v) is 2.39. The number of rotatable bonds is 8. The Morgan fingerprint density at radius 1 is 1.15 bits per heavy atom. The molecule has 1 aromatic heterocycles. The van der Waals surface area contributed by atoms with Gasteiger partial charge in [0.2, 0.25) is 5.88 Å². The molecule has 0 saturated carbocycles. The Kier molecular flexibility index (Phi) is 7.19. The highest BCUT2D eigenvalue weighted by Gasteiger charge is 2.25. The lowest BCUT2D eigenvalue weighted by Gasteiger charge is -2.22. The normalized spacial score (nSPS) is 12.9. The van der Waals surface area contributed by atoms with E-state index in [2.05, 4.69) is 16.2 Å². The average molecular weight is 352 g/mol. The third-order valence-corrected chi connectivity index (χ3v) is 3.76. The SMILES string of the molecule is C#CCNC(C(=O)OC(C)c1cccc(Oc2ccccc2)n1)C(C)C. The first-order valence-electron chi connectivity index (χ1n) is 8.58. The summed E-state index contributed by atoms with van der Waals surface area (Å²) >= 11 is 0. The number of nitrogens with one attached hydrogen (secondary N) is 1. The van der Waals surface area contributed by atoms with Crippen LogP contribution < -0.4 is 10.1 Å². The molecule has 0 radical (unpaired) electrons.